The highest BCUT2D eigenvalue weighted by atomic mass is 35.5. The van der Waals surface area contributed by atoms with Crippen molar-refractivity contribution in [1.82, 2.24) is 5.01 Å². The van der Waals surface area contributed by atoms with E-state index in [4.69, 9.17) is 16.7 Å². The summed E-state index contributed by atoms with van der Waals surface area (Å²) in [5.74, 6) is -7.40. The van der Waals surface area contributed by atoms with Crippen LogP contribution in [0.4, 0.5) is 8.78 Å². The number of carbonyl (C=O) groups is 2. The molecular weight excluding hydrogens is 354 g/mol. The van der Waals surface area contributed by atoms with E-state index in [0.717, 1.165) is 0 Å². The Hall–Kier alpha value is -2.02. The third kappa shape index (κ3) is 4.34. The third-order valence-corrected chi connectivity index (χ3v) is 4.18. The zero-order valence-electron chi connectivity index (χ0n) is 14.1. The monoisotopic (exact) mass is 372 g/mol. The maximum Gasteiger partial charge on any atom is 0.337 e. The molecule has 0 saturated carbocycles. The lowest BCUT2D eigenvalue weighted by atomic mass is 9.86. The van der Waals surface area contributed by atoms with Gasteiger partial charge in [-0.25, -0.2) is 5.01 Å². The van der Waals surface area contributed by atoms with Gasteiger partial charge in [0.05, 0.1) is 6.04 Å². The molecule has 8 heteroatoms. The van der Waals surface area contributed by atoms with Gasteiger partial charge in [0.15, 0.2) is 0 Å². The van der Waals surface area contributed by atoms with E-state index in [-0.39, 0.29) is 0 Å². The molecule has 1 unspecified atom stereocenters. The number of nitrogens with zero attached hydrogens (tertiary/aromatic N) is 2. The fraction of sp³-hybridized carbons (Fsp3) is 0.471. The Balaban J connectivity index is 2.40. The van der Waals surface area contributed by atoms with E-state index in [0.29, 0.717) is 27.7 Å². The highest BCUT2D eigenvalue weighted by Crippen LogP contribution is 2.39. The summed E-state index contributed by atoms with van der Waals surface area (Å²) in [4.78, 5) is 23.0. The quantitative estimate of drug-likeness (QED) is 0.864. The maximum absolute atomic E-state index is 14.0. The molecule has 1 aromatic rings. The van der Waals surface area contributed by atoms with Gasteiger partial charge in [0.2, 0.25) is 0 Å². The number of hydrazone groups is 1. The number of alkyl halides is 2. The van der Waals surface area contributed by atoms with Crippen LogP contribution in [-0.2, 0) is 9.59 Å². The molecule has 136 valence electrons. The van der Waals surface area contributed by atoms with E-state index < -0.39 is 35.7 Å². The summed E-state index contributed by atoms with van der Waals surface area (Å²) in [6.45, 7) is 5.61. The number of aliphatic carboxylic acids is 1. The molecule has 0 aliphatic carbocycles. The Morgan fingerprint density at radius 2 is 1.84 bits per heavy atom. The van der Waals surface area contributed by atoms with Crippen LogP contribution in [-0.4, -0.2) is 33.6 Å². The van der Waals surface area contributed by atoms with Crippen LogP contribution in [0.15, 0.2) is 29.4 Å². The van der Waals surface area contributed by atoms with Gasteiger partial charge < -0.3 is 5.11 Å². The zero-order valence-corrected chi connectivity index (χ0v) is 14.8. The highest BCUT2D eigenvalue weighted by Gasteiger charge is 2.49. The fourth-order valence-corrected chi connectivity index (χ4v) is 2.66. The minimum Gasteiger partial charge on any atom is -0.481 e. The largest absolute Gasteiger partial charge is 0.481 e. The van der Waals surface area contributed by atoms with E-state index in [9.17, 15) is 18.4 Å². The van der Waals surface area contributed by atoms with Crippen LogP contribution in [0.3, 0.4) is 0 Å². The van der Waals surface area contributed by atoms with Crippen molar-refractivity contribution in [2.45, 2.75) is 45.6 Å². The Morgan fingerprint density at radius 3 is 2.32 bits per heavy atom. The van der Waals surface area contributed by atoms with Crippen LogP contribution in [0.1, 0.15) is 45.2 Å². The average Bonchev–Trinajstić information content (AvgIpc) is 2.91. The lowest BCUT2D eigenvalue weighted by Crippen LogP contribution is -2.42. The Bertz CT molecular complexity index is 712. The highest BCUT2D eigenvalue weighted by molar-refractivity contribution is 6.30. The standard InChI is InChI=1S/C17H19ClF2N2O3/c1-16(2,3)13-8-12(10-4-6-11(18)7-5-10)22(21-13)15(25)17(19,20)9-14(23)24/h4-7,12H,8-9H2,1-3H3,(H,23,24). The second kappa shape index (κ2) is 6.71. The summed E-state index contributed by atoms with van der Waals surface area (Å²) in [6, 6.07) is 5.76. The summed E-state index contributed by atoms with van der Waals surface area (Å²) in [5.41, 5.74) is 0.778. The first-order valence-electron chi connectivity index (χ1n) is 7.68. The lowest BCUT2D eigenvalue weighted by molar-refractivity contribution is -0.167. The number of carboxylic acids is 1. The molecule has 5 nitrogen and oxygen atoms in total. The number of carbonyl (C=O) groups excluding carboxylic acids is 1. The zero-order chi connectivity index (χ0) is 19.0. The van der Waals surface area contributed by atoms with Gasteiger partial charge in [-0.15, -0.1) is 0 Å². The number of amides is 1. The van der Waals surface area contributed by atoms with E-state index in [2.05, 4.69) is 5.10 Å². The van der Waals surface area contributed by atoms with Crippen molar-refractivity contribution in [2.24, 2.45) is 10.5 Å². The Morgan fingerprint density at radius 1 is 1.28 bits per heavy atom. The second-order valence-corrected chi connectivity index (χ2v) is 7.43. The molecule has 0 aromatic heterocycles. The Labute approximate surface area is 149 Å². The number of hydrogen-bond donors (Lipinski definition) is 1. The molecule has 0 saturated heterocycles. The second-order valence-electron chi connectivity index (χ2n) is 6.99. The van der Waals surface area contributed by atoms with Crippen LogP contribution >= 0.6 is 11.6 Å². The van der Waals surface area contributed by atoms with Crippen LogP contribution < -0.4 is 0 Å². The van der Waals surface area contributed by atoms with E-state index in [1.807, 2.05) is 20.8 Å². The van der Waals surface area contributed by atoms with E-state index in [1.54, 1.807) is 24.3 Å². The molecule has 1 aliphatic rings. The lowest BCUT2D eigenvalue weighted by Gasteiger charge is -2.25. The van der Waals surface area contributed by atoms with Gasteiger partial charge in [-0.1, -0.05) is 44.5 Å². The van der Waals surface area contributed by atoms with Crippen molar-refractivity contribution < 1.29 is 23.5 Å². The van der Waals surface area contributed by atoms with E-state index in [1.165, 1.54) is 0 Å². The summed E-state index contributed by atoms with van der Waals surface area (Å²) in [7, 11) is 0. The molecule has 1 aliphatic heterocycles. The first-order valence-corrected chi connectivity index (χ1v) is 8.06. The SMILES string of the molecule is CC(C)(C)C1=NN(C(=O)C(F)(F)CC(=O)O)C(c2ccc(Cl)cc2)C1. The molecule has 1 N–H and O–H groups in total. The Kier molecular flexibility index (Phi) is 5.18. The smallest absolute Gasteiger partial charge is 0.337 e. The number of hydrogen-bond acceptors (Lipinski definition) is 3. The van der Waals surface area contributed by atoms with Gasteiger partial charge >= 0.3 is 17.8 Å². The molecule has 0 bridgehead atoms. The molecular formula is C17H19ClF2N2O3. The van der Waals surface area contributed by atoms with Crippen molar-refractivity contribution in [3.63, 3.8) is 0 Å². The van der Waals surface area contributed by atoms with Crippen LogP contribution in [0.5, 0.6) is 0 Å². The number of benzene rings is 1. The fourth-order valence-electron chi connectivity index (χ4n) is 2.53. The summed E-state index contributed by atoms with van der Waals surface area (Å²) in [6.07, 6.45) is -1.28. The minimum atomic E-state index is -4.03. The molecule has 2 rings (SSSR count). The summed E-state index contributed by atoms with van der Waals surface area (Å²) < 4.78 is 28.1. The number of rotatable bonds is 4. The minimum absolute atomic E-state index is 0.292. The van der Waals surface area contributed by atoms with Crippen molar-refractivity contribution in [2.75, 3.05) is 0 Å². The number of carboxylic acid groups (broad SMARTS) is 1. The molecule has 1 heterocycles. The van der Waals surface area contributed by atoms with Gasteiger partial charge in [0.25, 0.3) is 0 Å². The van der Waals surface area contributed by atoms with Gasteiger partial charge in [-0.3, -0.25) is 9.59 Å². The van der Waals surface area contributed by atoms with E-state index >= 15 is 0 Å². The molecule has 1 atom stereocenters. The normalized spacial score (nSPS) is 18.2. The molecule has 25 heavy (non-hydrogen) atoms. The van der Waals surface area contributed by atoms with Crippen LogP contribution in [0.25, 0.3) is 0 Å². The molecule has 1 aromatic carbocycles. The molecule has 0 spiro atoms. The first-order chi connectivity index (χ1) is 11.4. The predicted octanol–water partition coefficient (Wildman–Crippen LogP) is 4.13. The van der Waals surface area contributed by atoms with Gasteiger partial charge in [-0.2, -0.15) is 13.9 Å². The van der Waals surface area contributed by atoms with Gasteiger partial charge in [-0.05, 0) is 17.7 Å². The third-order valence-electron chi connectivity index (χ3n) is 3.93. The van der Waals surface area contributed by atoms with Gasteiger partial charge in [0, 0.05) is 22.6 Å². The van der Waals surface area contributed by atoms with Crippen molar-refractivity contribution >= 4 is 29.2 Å². The topological polar surface area (TPSA) is 70.0 Å². The van der Waals surface area contributed by atoms with Crippen molar-refractivity contribution in [1.29, 1.82) is 0 Å². The van der Waals surface area contributed by atoms with Gasteiger partial charge in [0.1, 0.15) is 6.42 Å². The first kappa shape index (κ1) is 19.3. The van der Waals surface area contributed by atoms with Crippen LogP contribution in [0, 0.1) is 5.41 Å². The maximum atomic E-state index is 14.0. The molecule has 0 fully saturated rings. The molecule has 1 amide bonds. The predicted molar refractivity (Wildman–Crippen MR) is 89.7 cm³/mol. The van der Waals surface area contributed by atoms with Crippen LogP contribution in [0.2, 0.25) is 5.02 Å². The van der Waals surface area contributed by atoms with Crippen molar-refractivity contribution in [3.8, 4) is 0 Å². The number of halogens is 3. The van der Waals surface area contributed by atoms with Crippen molar-refractivity contribution in [3.05, 3.63) is 34.9 Å². The summed E-state index contributed by atoms with van der Waals surface area (Å²) in [5, 5.41) is 13.9. The average molecular weight is 373 g/mol. The molecule has 0 radical (unpaired) electrons. The summed E-state index contributed by atoms with van der Waals surface area (Å²) >= 11 is 5.85.